The summed E-state index contributed by atoms with van der Waals surface area (Å²) in [6.45, 7) is 17.2. The Hall–Kier alpha value is -0.413. The molecule has 2 fully saturated rings. The van der Waals surface area contributed by atoms with E-state index in [2.05, 4.69) is 47.7 Å². The molecule has 0 bridgehead atoms. The molecule has 23 heavy (non-hydrogen) atoms. The van der Waals surface area contributed by atoms with Gasteiger partial charge in [-0.05, 0) is 60.2 Å². The number of ketones is 1. The van der Waals surface area contributed by atoms with Crippen molar-refractivity contribution in [3.8, 4) is 0 Å². The van der Waals surface area contributed by atoms with E-state index < -0.39 is 8.32 Å². The topological polar surface area (TPSA) is 26.3 Å². The van der Waals surface area contributed by atoms with E-state index in [0.29, 0.717) is 23.0 Å². The number of carbonyl (C=O) groups excluding carboxylic acids is 1. The van der Waals surface area contributed by atoms with Crippen LogP contribution < -0.4 is 0 Å². The Bertz CT molecular complexity index is 538. The van der Waals surface area contributed by atoms with Crippen LogP contribution in [0, 0.1) is 29.1 Å². The Kier molecular flexibility index (Phi) is 4.00. The lowest BCUT2D eigenvalue weighted by Gasteiger charge is -2.38. The SMILES string of the molecule is CC1(C)[C@H]2[C@@H]3CC(=O)C=C3[C@@H](CO[Si](C)(C)C(C)(C)C)CC[C@H]21. The number of hydrogen-bond donors (Lipinski definition) is 0. The van der Waals surface area contributed by atoms with E-state index in [9.17, 15) is 4.79 Å². The molecule has 2 saturated carbocycles. The lowest BCUT2D eigenvalue weighted by molar-refractivity contribution is -0.114. The molecule has 3 aliphatic carbocycles. The summed E-state index contributed by atoms with van der Waals surface area (Å²) in [5.41, 5.74) is 1.88. The van der Waals surface area contributed by atoms with Gasteiger partial charge in [0, 0.05) is 18.9 Å². The fourth-order valence-corrected chi connectivity index (χ4v) is 5.88. The maximum atomic E-state index is 12.1. The Morgan fingerprint density at radius 3 is 2.52 bits per heavy atom. The minimum atomic E-state index is -1.71. The summed E-state index contributed by atoms with van der Waals surface area (Å²) in [6.07, 6.45) is 5.26. The Balaban J connectivity index is 1.74. The molecule has 130 valence electrons. The van der Waals surface area contributed by atoms with Gasteiger partial charge in [-0.2, -0.15) is 0 Å². The predicted molar refractivity (Wildman–Crippen MR) is 97.8 cm³/mol. The molecule has 0 heterocycles. The molecule has 0 aromatic carbocycles. The molecule has 2 nitrogen and oxygen atoms in total. The number of fused-ring (bicyclic) bond motifs is 3. The first-order valence-corrected chi connectivity index (χ1v) is 12.2. The second-order valence-corrected chi connectivity index (χ2v) is 15.0. The van der Waals surface area contributed by atoms with Crippen LogP contribution in [-0.2, 0) is 9.22 Å². The smallest absolute Gasteiger partial charge is 0.192 e. The van der Waals surface area contributed by atoms with E-state index in [1.165, 1.54) is 18.4 Å². The number of rotatable bonds is 3. The zero-order chi connectivity index (χ0) is 17.2. The molecule has 3 rings (SSSR count). The standard InChI is InChI=1S/C20H34O2Si/c1-19(2,3)23(6,7)22-12-13-8-9-17-18(20(17,4)5)16-11-14(21)10-15(13)16/h10,13,16-18H,8-9,11-12H2,1-7H3/t13-,16-,17-,18+/m1/s1. The number of hydrogen-bond acceptors (Lipinski definition) is 2. The highest BCUT2D eigenvalue weighted by molar-refractivity contribution is 6.74. The molecule has 0 saturated heterocycles. The van der Waals surface area contributed by atoms with Gasteiger partial charge in [0.1, 0.15) is 0 Å². The normalized spacial score (nSPS) is 36.1. The zero-order valence-corrected chi connectivity index (χ0v) is 17.0. The van der Waals surface area contributed by atoms with Crippen LogP contribution in [0.25, 0.3) is 0 Å². The largest absolute Gasteiger partial charge is 0.416 e. The first-order valence-electron chi connectivity index (χ1n) is 9.33. The van der Waals surface area contributed by atoms with Crippen molar-refractivity contribution in [2.45, 2.75) is 72.0 Å². The summed E-state index contributed by atoms with van der Waals surface area (Å²) in [6, 6.07) is 0. The van der Waals surface area contributed by atoms with Gasteiger partial charge in [-0.1, -0.05) is 40.2 Å². The predicted octanol–water partition coefficient (Wildman–Crippen LogP) is 5.21. The van der Waals surface area contributed by atoms with Crippen LogP contribution in [0.3, 0.4) is 0 Å². The summed E-state index contributed by atoms with van der Waals surface area (Å²) >= 11 is 0. The molecule has 0 radical (unpaired) electrons. The number of allylic oxidation sites excluding steroid dienone is 1. The minimum absolute atomic E-state index is 0.251. The third kappa shape index (κ3) is 2.88. The van der Waals surface area contributed by atoms with Gasteiger partial charge in [0.25, 0.3) is 0 Å². The molecule has 0 spiro atoms. The van der Waals surface area contributed by atoms with E-state index in [1.54, 1.807) is 0 Å². The van der Waals surface area contributed by atoms with Gasteiger partial charge in [-0.25, -0.2) is 0 Å². The van der Waals surface area contributed by atoms with Crippen molar-refractivity contribution < 1.29 is 9.22 Å². The molecule has 3 heteroatoms. The zero-order valence-electron chi connectivity index (χ0n) is 16.0. The molecular weight excluding hydrogens is 300 g/mol. The van der Waals surface area contributed by atoms with Crippen LogP contribution in [0.4, 0.5) is 0 Å². The lowest BCUT2D eigenvalue weighted by atomic mass is 9.84. The summed E-state index contributed by atoms with van der Waals surface area (Å²) in [5.74, 6) is 2.89. The molecule has 0 unspecified atom stereocenters. The van der Waals surface area contributed by atoms with E-state index in [-0.39, 0.29) is 5.04 Å². The molecule has 0 aliphatic heterocycles. The van der Waals surface area contributed by atoms with Crippen molar-refractivity contribution in [3.05, 3.63) is 11.6 Å². The van der Waals surface area contributed by atoms with Crippen molar-refractivity contribution >= 4 is 14.1 Å². The Labute approximate surface area is 143 Å². The van der Waals surface area contributed by atoms with E-state index in [1.807, 2.05) is 6.08 Å². The lowest BCUT2D eigenvalue weighted by Crippen LogP contribution is -2.42. The highest BCUT2D eigenvalue weighted by atomic mass is 28.4. The molecule has 0 amide bonds. The van der Waals surface area contributed by atoms with Gasteiger partial charge in [0.15, 0.2) is 14.1 Å². The van der Waals surface area contributed by atoms with Crippen molar-refractivity contribution in [3.63, 3.8) is 0 Å². The Morgan fingerprint density at radius 1 is 1.26 bits per heavy atom. The fraction of sp³-hybridized carbons (Fsp3) is 0.850. The summed E-state index contributed by atoms with van der Waals surface area (Å²) < 4.78 is 6.52. The van der Waals surface area contributed by atoms with Gasteiger partial charge in [-0.3, -0.25) is 4.79 Å². The molecule has 0 aromatic heterocycles. The molecule has 3 aliphatic rings. The van der Waals surface area contributed by atoms with Crippen molar-refractivity contribution in [2.24, 2.45) is 29.1 Å². The van der Waals surface area contributed by atoms with Crippen LogP contribution in [-0.4, -0.2) is 20.7 Å². The van der Waals surface area contributed by atoms with Crippen molar-refractivity contribution in [2.75, 3.05) is 6.61 Å². The summed E-state index contributed by atoms with van der Waals surface area (Å²) in [4.78, 5) is 12.1. The van der Waals surface area contributed by atoms with Crippen LogP contribution in [0.1, 0.15) is 53.9 Å². The first-order chi connectivity index (χ1) is 10.4. The Morgan fingerprint density at radius 2 is 1.91 bits per heavy atom. The third-order valence-electron chi connectivity index (χ3n) is 7.50. The second kappa shape index (κ2) is 5.29. The average molecular weight is 335 g/mol. The van der Waals surface area contributed by atoms with E-state index >= 15 is 0 Å². The van der Waals surface area contributed by atoms with Gasteiger partial charge < -0.3 is 4.43 Å². The van der Waals surface area contributed by atoms with Crippen LogP contribution >= 0.6 is 0 Å². The second-order valence-electron chi connectivity index (χ2n) is 10.2. The quantitative estimate of drug-likeness (QED) is 0.663. The van der Waals surface area contributed by atoms with Gasteiger partial charge in [0.2, 0.25) is 0 Å². The molecule has 4 atom stereocenters. The van der Waals surface area contributed by atoms with E-state index in [0.717, 1.165) is 24.9 Å². The summed E-state index contributed by atoms with van der Waals surface area (Å²) in [5, 5.41) is 0.251. The minimum Gasteiger partial charge on any atom is -0.416 e. The molecular formula is C20H34O2Si. The molecule has 0 N–H and O–H groups in total. The van der Waals surface area contributed by atoms with E-state index in [4.69, 9.17) is 4.43 Å². The van der Waals surface area contributed by atoms with Gasteiger partial charge in [0.05, 0.1) is 0 Å². The maximum Gasteiger partial charge on any atom is 0.192 e. The number of carbonyl (C=O) groups is 1. The first kappa shape index (κ1) is 17.4. The highest BCUT2D eigenvalue weighted by Gasteiger charge is 2.63. The van der Waals surface area contributed by atoms with Crippen LogP contribution in [0.2, 0.25) is 18.1 Å². The summed E-state index contributed by atoms with van der Waals surface area (Å²) in [7, 11) is -1.71. The maximum absolute atomic E-state index is 12.1. The van der Waals surface area contributed by atoms with Gasteiger partial charge >= 0.3 is 0 Å². The third-order valence-corrected chi connectivity index (χ3v) is 12.0. The van der Waals surface area contributed by atoms with Crippen LogP contribution in [0.5, 0.6) is 0 Å². The average Bonchev–Trinajstić information content (AvgIpc) is 2.79. The fourth-order valence-electron chi connectivity index (χ4n) is 4.83. The van der Waals surface area contributed by atoms with Crippen molar-refractivity contribution in [1.29, 1.82) is 0 Å². The monoisotopic (exact) mass is 334 g/mol. The van der Waals surface area contributed by atoms with Gasteiger partial charge in [-0.15, -0.1) is 0 Å². The molecule has 0 aromatic rings. The highest BCUT2D eigenvalue weighted by Crippen LogP contribution is 2.68. The van der Waals surface area contributed by atoms with Crippen LogP contribution in [0.15, 0.2) is 11.6 Å². The van der Waals surface area contributed by atoms with Crippen molar-refractivity contribution in [1.82, 2.24) is 0 Å².